The fourth-order valence-corrected chi connectivity index (χ4v) is 4.39. The van der Waals surface area contributed by atoms with Crippen LogP contribution in [-0.4, -0.2) is 20.4 Å². The van der Waals surface area contributed by atoms with Crippen molar-refractivity contribution < 1.29 is 4.79 Å². The van der Waals surface area contributed by atoms with Crippen LogP contribution in [-0.2, 0) is 12.1 Å². The molecule has 27 heavy (non-hydrogen) atoms. The molecule has 0 unspecified atom stereocenters. The molecule has 8 nitrogen and oxygen atoms in total. The number of halogens is 1. The van der Waals surface area contributed by atoms with Crippen LogP contribution in [0.1, 0.15) is 55.1 Å². The van der Waals surface area contributed by atoms with Crippen molar-refractivity contribution in [2.75, 3.05) is 11.1 Å². The Morgan fingerprint density at radius 3 is 2.74 bits per heavy atom. The number of aromatic nitrogens is 3. The van der Waals surface area contributed by atoms with E-state index in [9.17, 15) is 9.59 Å². The number of carbonyl (C=O) groups is 1. The first-order chi connectivity index (χ1) is 13.0. The summed E-state index contributed by atoms with van der Waals surface area (Å²) in [6.07, 6.45) is 6.37. The normalized spacial score (nSPS) is 17.6. The quantitative estimate of drug-likeness (QED) is 0.744. The van der Waals surface area contributed by atoms with E-state index >= 15 is 0 Å². The third-order valence-electron chi connectivity index (χ3n) is 5.41. The maximum atomic E-state index is 13.3. The largest absolute Gasteiger partial charge is 0.383 e. The van der Waals surface area contributed by atoms with Gasteiger partial charge in [-0.15, -0.1) is 0 Å². The van der Waals surface area contributed by atoms with Gasteiger partial charge >= 0.3 is 0 Å². The summed E-state index contributed by atoms with van der Waals surface area (Å²) < 4.78 is 1.54. The molecule has 1 fully saturated rings. The highest BCUT2D eigenvalue weighted by molar-refractivity contribution is 6.34. The predicted molar refractivity (Wildman–Crippen MR) is 103 cm³/mol. The van der Waals surface area contributed by atoms with Crippen molar-refractivity contribution in [2.45, 2.75) is 51.1 Å². The number of nitrogens with one attached hydrogen (secondary N) is 2. The number of nitrogens with two attached hydrogens (primary N) is 1. The Morgan fingerprint density at radius 1 is 1.30 bits per heavy atom. The summed E-state index contributed by atoms with van der Waals surface area (Å²) in [5.41, 5.74) is 6.14. The van der Waals surface area contributed by atoms with Gasteiger partial charge in [-0.1, -0.05) is 24.9 Å². The van der Waals surface area contributed by atoms with E-state index in [0.717, 1.165) is 24.8 Å². The monoisotopic (exact) mass is 388 g/mol. The zero-order valence-corrected chi connectivity index (χ0v) is 15.8. The molecule has 1 aliphatic heterocycles. The summed E-state index contributed by atoms with van der Waals surface area (Å²) >= 11 is 6.40. The van der Waals surface area contributed by atoms with Gasteiger partial charge in [-0.05, 0) is 38.2 Å². The number of anilines is 3. The molecule has 0 bridgehead atoms. The maximum Gasteiger partial charge on any atom is 0.276 e. The Kier molecular flexibility index (Phi) is 4.30. The lowest BCUT2D eigenvalue weighted by molar-refractivity contribution is 0.0877. The second kappa shape index (κ2) is 6.53. The molecule has 0 radical (unpaired) electrons. The molecule has 142 valence electrons. The first-order valence-corrected chi connectivity index (χ1v) is 9.49. The summed E-state index contributed by atoms with van der Waals surface area (Å²) in [5, 5.41) is 6.29. The van der Waals surface area contributed by atoms with Crippen LogP contribution in [0.25, 0.3) is 0 Å². The van der Waals surface area contributed by atoms with Crippen LogP contribution < -0.4 is 21.9 Å². The highest BCUT2D eigenvalue weighted by atomic mass is 35.5. The van der Waals surface area contributed by atoms with E-state index in [1.165, 1.54) is 17.0 Å². The van der Waals surface area contributed by atoms with E-state index in [0.29, 0.717) is 30.9 Å². The van der Waals surface area contributed by atoms with Crippen LogP contribution in [0.2, 0.25) is 5.02 Å². The van der Waals surface area contributed by atoms with Crippen molar-refractivity contribution in [3.63, 3.8) is 0 Å². The van der Waals surface area contributed by atoms with Crippen LogP contribution >= 0.6 is 11.6 Å². The van der Waals surface area contributed by atoms with Gasteiger partial charge in [-0.3, -0.25) is 14.2 Å². The molecule has 2 aliphatic rings. The van der Waals surface area contributed by atoms with Crippen LogP contribution in [0.4, 0.5) is 17.3 Å². The van der Waals surface area contributed by atoms with Crippen LogP contribution in [0.15, 0.2) is 17.2 Å². The Hall–Kier alpha value is -2.61. The van der Waals surface area contributed by atoms with Crippen molar-refractivity contribution in [2.24, 2.45) is 0 Å². The molecule has 0 saturated heterocycles. The van der Waals surface area contributed by atoms with Gasteiger partial charge in [0.15, 0.2) is 0 Å². The SMILES string of the molecule is CCc1c(N)ncnc1Nc1cc(Cl)c2n(c1=O)C1(CCCCC1)NC2=O. The Morgan fingerprint density at radius 2 is 2.04 bits per heavy atom. The summed E-state index contributed by atoms with van der Waals surface area (Å²) in [6, 6.07) is 1.48. The fraction of sp³-hybridized carbons (Fsp3) is 0.444. The smallest absolute Gasteiger partial charge is 0.276 e. The Bertz CT molecular complexity index is 981. The molecule has 1 spiro atoms. The van der Waals surface area contributed by atoms with Gasteiger partial charge in [0.25, 0.3) is 11.5 Å². The number of hydrogen-bond acceptors (Lipinski definition) is 6. The average molecular weight is 389 g/mol. The standard InChI is InChI=1S/C18H21ClN6O2/c1-2-10-14(20)21-9-22-15(10)23-12-8-11(19)13-16(26)24-18(25(13)17(12)27)6-4-3-5-7-18/h8-9H,2-7H2,1H3,(H,24,26)(H3,20,21,22,23). The second-order valence-corrected chi connectivity index (χ2v) is 7.41. The van der Waals surface area contributed by atoms with E-state index in [-0.39, 0.29) is 27.9 Å². The van der Waals surface area contributed by atoms with Crippen molar-refractivity contribution in [1.29, 1.82) is 0 Å². The van der Waals surface area contributed by atoms with Gasteiger partial charge in [0.2, 0.25) is 0 Å². The molecular formula is C18H21ClN6O2. The third-order valence-corrected chi connectivity index (χ3v) is 5.70. The van der Waals surface area contributed by atoms with E-state index in [2.05, 4.69) is 20.6 Å². The number of pyridine rings is 1. The summed E-state index contributed by atoms with van der Waals surface area (Å²) in [4.78, 5) is 34.0. The van der Waals surface area contributed by atoms with Gasteiger partial charge < -0.3 is 16.4 Å². The first-order valence-electron chi connectivity index (χ1n) is 9.12. The number of fused-ring (bicyclic) bond motifs is 2. The lowest BCUT2D eigenvalue weighted by Gasteiger charge is -2.35. The van der Waals surface area contributed by atoms with Crippen molar-refractivity contribution >= 4 is 34.8 Å². The molecule has 9 heteroatoms. The number of nitrogens with zero attached hydrogens (tertiary/aromatic N) is 3. The molecule has 1 amide bonds. The molecule has 2 aromatic rings. The lowest BCUT2D eigenvalue weighted by atomic mass is 9.89. The fourth-order valence-electron chi connectivity index (χ4n) is 4.12. The van der Waals surface area contributed by atoms with E-state index in [1.807, 2.05) is 6.92 Å². The van der Waals surface area contributed by atoms with Gasteiger partial charge in [0.05, 0.1) is 5.02 Å². The number of amides is 1. The minimum atomic E-state index is -0.693. The van der Waals surface area contributed by atoms with Crippen molar-refractivity contribution in [3.05, 3.63) is 39.0 Å². The number of hydrogen-bond donors (Lipinski definition) is 3. The van der Waals surface area contributed by atoms with Gasteiger partial charge in [-0.2, -0.15) is 0 Å². The van der Waals surface area contributed by atoms with E-state index < -0.39 is 5.66 Å². The molecule has 2 aromatic heterocycles. The van der Waals surface area contributed by atoms with E-state index in [1.54, 1.807) is 0 Å². The maximum absolute atomic E-state index is 13.3. The van der Waals surface area contributed by atoms with Crippen LogP contribution in [0, 0.1) is 0 Å². The third kappa shape index (κ3) is 2.75. The summed E-state index contributed by atoms with van der Waals surface area (Å²) in [5.74, 6) is 0.530. The van der Waals surface area contributed by atoms with Crippen molar-refractivity contribution in [1.82, 2.24) is 19.9 Å². The molecule has 4 rings (SSSR count). The zero-order valence-electron chi connectivity index (χ0n) is 15.0. The van der Waals surface area contributed by atoms with Gasteiger partial charge in [-0.25, -0.2) is 9.97 Å². The van der Waals surface area contributed by atoms with E-state index in [4.69, 9.17) is 17.3 Å². The van der Waals surface area contributed by atoms with Crippen LogP contribution in [0.3, 0.4) is 0 Å². The van der Waals surface area contributed by atoms with Gasteiger partial charge in [0, 0.05) is 5.56 Å². The molecule has 4 N–H and O–H groups in total. The molecule has 0 atom stereocenters. The Balaban J connectivity index is 1.85. The molecular weight excluding hydrogens is 368 g/mol. The summed E-state index contributed by atoms with van der Waals surface area (Å²) in [6.45, 7) is 1.93. The minimum absolute atomic E-state index is 0.229. The van der Waals surface area contributed by atoms with Crippen LogP contribution in [0.5, 0.6) is 0 Å². The second-order valence-electron chi connectivity index (χ2n) is 7.01. The lowest BCUT2D eigenvalue weighted by Crippen LogP contribution is -2.48. The predicted octanol–water partition coefficient (Wildman–Crippen LogP) is 2.54. The Labute approximate surface area is 161 Å². The molecule has 0 aromatic carbocycles. The number of rotatable bonds is 3. The average Bonchev–Trinajstić information content (AvgIpc) is 2.92. The molecule has 1 aliphatic carbocycles. The van der Waals surface area contributed by atoms with Gasteiger partial charge in [0.1, 0.15) is 35.0 Å². The highest BCUT2D eigenvalue weighted by Crippen LogP contribution is 2.38. The van der Waals surface area contributed by atoms with Crippen molar-refractivity contribution in [3.8, 4) is 0 Å². The number of carbonyl (C=O) groups excluding carboxylic acids is 1. The highest BCUT2D eigenvalue weighted by Gasteiger charge is 2.45. The topological polar surface area (TPSA) is 115 Å². The molecule has 1 saturated carbocycles. The summed E-state index contributed by atoms with van der Waals surface area (Å²) in [7, 11) is 0. The number of nitrogen functional groups attached to an aromatic ring is 1. The minimum Gasteiger partial charge on any atom is -0.383 e. The first kappa shape index (κ1) is 17.8. The molecule has 3 heterocycles. The zero-order chi connectivity index (χ0) is 19.2.